The molecule has 3 saturated heterocycles. The van der Waals surface area contributed by atoms with Gasteiger partial charge in [0.15, 0.2) is 0 Å². The number of alkyl halides is 1. The van der Waals surface area contributed by atoms with Crippen LogP contribution in [-0.4, -0.2) is 93.0 Å². The number of hydrogen-bond donors (Lipinski definition) is 2. The van der Waals surface area contributed by atoms with Gasteiger partial charge in [0.25, 0.3) is 0 Å². The predicted molar refractivity (Wildman–Crippen MR) is 189 cm³/mol. The molecule has 1 spiro atoms. The van der Waals surface area contributed by atoms with Crippen LogP contribution in [0.5, 0.6) is 0 Å². The van der Waals surface area contributed by atoms with Gasteiger partial charge in [0.05, 0.1) is 24.0 Å². The van der Waals surface area contributed by atoms with E-state index in [9.17, 15) is 24.3 Å². The minimum absolute atomic E-state index is 0.0509. The first-order chi connectivity index (χ1) is 23.7. The highest BCUT2D eigenvalue weighted by molar-refractivity contribution is 9.09. The Hall–Kier alpha value is -3.02. The summed E-state index contributed by atoms with van der Waals surface area (Å²) >= 11 is 3.77. The number of amides is 3. The molecule has 5 rings (SSSR count). The van der Waals surface area contributed by atoms with Crippen molar-refractivity contribution in [3.05, 3.63) is 61.2 Å². The maximum Gasteiger partial charge on any atom is 0.313 e. The number of aliphatic hydroxyl groups is 1. The lowest BCUT2D eigenvalue weighted by Gasteiger charge is -2.41. The summed E-state index contributed by atoms with van der Waals surface area (Å²) in [6.45, 7) is 10.2. The normalized spacial score (nSPS) is 28.8. The van der Waals surface area contributed by atoms with Gasteiger partial charge in [0.2, 0.25) is 17.7 Å². The predicted octanol–water partition coefficient (Wildman–Crippen LogP) is 5.00. The maximum atomic E-state index is 14.8. The number of ether oxygens (including phenoxy) is 2. The summed E-state index contributed by atoms with van der Waals surface area (Å²) in [5.41, 5.74) is -0.487. The van der Waals surface area contributed by atoms with Crippen molar-refractivity contribution in [1.82, 2.24) is 15.1 Å². The molecule has 2 N–H and O–H groups in total. The number of aliphatic hydroxyl groups excluding tert-OH is 1. The first-order valence-electron chi connectivity index (χ1n) is 18.0. The van der Waals surface area contributed by atoms with Gasteiger partial charge in [-0.3, -0.25) is 19.2 Å². The van der Waals surface area contributed by atoms with Crippen molar-refractivity contribution in [2.24, 2.45) is 11.8 Å². The molecule has 2 bridgehead atoms. The number of carbonyl (C=O) groups excluding carboxylic acids is 4. The zero-order valence-electron chi connectivity index (χ0n) is 28.6. The smallest absolute Gasteiger partial charge is 0.313 e. The van der Waals surface area contributed by atoms with Gasteiger partial charge < -0.3 is 29.7 Å². The van der Waals surface area contributed by atoms with Gasteiger partial charge in [-0.25, -0.2) is 0 Å². The van der Waals surface area contributed by atoms with Crippen LogP contribution in [0, 0.1) is 11.8 Å². The third-order valence-electron chi connectivity index (χ3n) is 10.8. The van der Waals surface area contributed by atoms with Gasteiger partial charge in [-0.05, 0) is 57.4 Å². The van der Waals surface area contributed by atoms with Crippen molar-refractivity contribution < 1.29 is 33.8 Å². The summed E-state index contributed by atoms with van der Waals surface area (Å²) < 4.78 is 13.0. The topological polar surface area (TPSA) is 125 Å². The third kappa shape index (κ3) is 7.69. The third-order valence-corrected chi connectivity index (χ3v) is 11.6. The van der Waals surface area contributed by atoms with Crippen LogP contribution >= 0.6 is 15.9 Å². The fraction of sp³-hybridized carbons (Fsp3) is 0.632. The number of benzene rings is 1. The van der Waals surface area contributed by atoms with Gasteiger partial charge in [-0.2, -0.15) is 0 Å². The molecule has 8 atom stereocenters. The summed E-state index contributed by atoms with van der Waals surface area (Å²) in [6.07, 6.45) is 10.1. The maximum absolute atomic E-state index is 14.8. The van der Waals surface area contributed by atoms with Crippen LogP contribution in [0.2, 0.25) is 0 Å². The number of allylic oxidation sites excluding steroid dienone is 1. The molecule has 10 nitrogen and oxygen atoms in total. The van der Waals surface area contributed by atoms with Crippen LogP contribution in [0.25, 0.3) is 0 Å². The second-order valence-electron chi connectivity index (χ2n) is 14.0. The standard InChI is InChI=1S/C38H52BrN3O7/c1-4-6-20-29(44)40-25(3)32(26-16-10-7-11-17-26)48-37(47)30-31-35(45)42(22-14-9-15-23-43)34(38(31)24-28(39)33(30)49-38)36(46)41(21-5-2)27-18-12-8-13-19-27/h4-5,7,10-11,16-17,25,27-28,30-34,43H,1-2,6,8-9,12-15,18-24H2,3H3,(H,40,44)/t25-,28?,30-,31+,32-,33-,34-,38+/m1/s1. The van der Waals surface area contributed by atoms with E-state index in [1.165, 1.54) is 0 Å². The SMILES string of the molecule is C=CCCC(=O)N[C@H](C)[C@@H](OC(=O)[C@H]1[C@@H]2O[C@@]3(CC2Br)[C@@H]1C(=O)N(CCCCCO)[C@@H]3C(=O)N(CC=C)C1CCCCC1)c1ccccc1. The quantitative estimate of drug-likeness (QED) is 0.0997. The Balaban J connectivity index is 1.46. The van der Waals surface area contributed by atoms with Crippen LogP contribution in [0.15, 0.2) is 55.6 Å². The van der Waals surface area contributed by atoms with E-state index < -0.39 is 47.7 Å². The molecule has 1 saturated carbocycles. The number of likely N-dealkylation sites (tertiary alicyclic amines) is 1. The van der Waals surface area contributed by atoms with Crippen LogP contribution < -0.4 is 5.32 Å². The zero-order valence-corrected chi connectivity index (χ0v) is 30.2. The largest absolute Gasteiger partial charge is 0.455 e. The van der Waals surface area contributed by atoms with Gasteiger partial charge in [0.1, 0.15) is 17.7 Å². The fourth-order valence-corrected chi connectivity index (χ4v) is 9.48. The Morgan fingerprint density at radius 1 is 1.14 bits per heavy atom. The lowest BCUT2D eigenvalue weighted by molar-refractivity contribution is -0.162. The monoisotopic (exact) mass is 741 g/mol. The summed E-state index contributed by atoms with van der Waals surface area (Å²) in [7, 11) is 0. The molecule has 11 heteroatoms. The molecule has 0 aromatic heterocycles. The molecule has 3 heterocycles. The Morgan fingerprint density at radius 3 is 2.55 bits per heavy atom. The lowest BCUT2D eigenvalue weighted by atomic mass is 9.70. The van der Waals surface area contributed by atoms with Gasteiger partial charge in [-0.1, -0.05) is 77.7 Å². The van der Waals surface area contributed by atoms with E-state index in [1.807, 2.05) is 35.2 Å². The van der Waals surface area contributed by atoms with Crippen LogP contribution in [-0.2, 0) is 28.7 Å². The molecule has 1 unspecified atom stereocenters. The number of fused-ring (bicyclic) bond motifs is 1. The van der Waals surface area contributed by atoms with E-state index in [4.69, 9.17) is 9.47 Å². The molecule has 3 aliphatic heterocycles. The number of halogens is 1. The molecule has 4 fully saturated rings. The summed E-state index contributed by atoms with van der Waals surface area (Å²) in [4.78, 5) is 59.8. The molecule has 4 aliphatic rings. The van der Waals surface area contributed by atoms with Crippen molar-refractivity contribution in [1.29, 1.82) is 0 Å². The number of esters is 1. The van der Waals surface area contributed by atoms with E-state index in [0.717, 1.165) is 32.1 Å². The molecule has 1 aromatic rings. The van der Waals surface area contributed by atoms with E-state index in [0.29, 0.717) is 50.8 Å². The number of carbonyl (C=O) groups is 4. The van der Waals surface area contributed by atoms with E-state index >= 15 is 0 Å². The second-order valence-corrected chi connectivity index (χ2v) is 15.2. The molecule has 268 valence electrons. The Labute approximate surface area is 298 Å². The van der Waals surface area contributed by atoms with Gasteiger partial charge in [-0.15, -0.1) is 13.2 Å². The first-order valence-corrected chi connectivity index (χ1v) is 18.9. The van der Waals surface area contributed by atoms with Crippen molar-refractivity contribution in [2.75, 3.05) is 19.7 Å². The summed E-state index contributed by atoms with van der Waals surface area (Å²) in [6, 6.07) is 7.85. The highest BCUT2D eigenvalue weighted by Crippen LogP contribution is 2.60. The second kappa shape index (κ2) is 16.8. The summed E-state index contributed by atoms with van der Waals surface area (Å²) in [5.74, 6) is -3.03. The van der Waals surface area contributed by atoms with E-state index in [2.05, 4.69) is 34.4 Å². The van der Waals surface area contributed by atoms with E-state index in [1.54, 1.807) is 24.0 Å². The number of hydrogen-bond acceptors (Lipinski definition) is 7. The van der Waals surface area contributed by atoms with Gasteiger partial charge in [0, 0.05) is 37.0 Å². The fourth-order valence-electron chi connectivity index (χ4n) is 8.54. The van der Waals surface area contributed by atoms with Gasteiger partial charge >= 0.3 is 5.97 Å². The molecular weight excluding hydrogens is 690 g/mol. The molecule has 0 radical (unpaired) electrons. The van der Waals surface area contributed by atoms with Crippen molar-refractivity contribution in [3.8, 4) is 0 Å². The number of unbranched alkanes of at least 4 members (excludes halogenated alkanes) is 2. The lowest BCUT2D eigenvalue weighted by Crippen LogP contribution is -2.58. The molecule has 3 amide bonds. The minimum Gasteiger partial charge on any atom is -0.455 e. The number of nitrogens with zero attached hydrogens (tertiary/aromatic N) is 2. The van der Waals surface area contributed by atoms with Crippen molar-refractivity contribution in [2.45, 2.75) is 118 Å². The Bertz CT molecular complexity index is 1350. The van der Waals surface area contributed by atoms with Crippen molar-refractivity contribution in [3.63, 3.8) is 0 Å². The highest BCUT2D eigenvalue weighted by atomic mass is 79.9. The molecule has 49 heavy (non-hydrogen) atoms. The average molecular weight is 743 g/mol. The van der Waals surface area contributed by atoms with Crippen LogP contribution in [0.4, 0.5) is 0 Å². The molecule has 1 aromatic carbocycles. The zero-order chi connectivity index (χ0) is 35.1. The Kier molecular flexibility index (Phi) is 12.8. The summed E-state index contributed by atoms with van der Waals surface area (Å²) in [5, 5.41) is 12.4. The van der Waals surface area contributed by atoms with E-state index in [-0.39, 0.29) is 41.6 Å². The van der Waals surface area contributed by atoms with Crippen LogP contribution in [0.3, 0.4) is 0 Å². The minimum atomic E-state index is -1.20. The van der Waals surface area contributed by atoms with Crippen LogP contribution in [0.1, 0.15) is 89.2 Å². The average Bonchev–Trinajstić information content (AvgIpc) is 3.70. The number of rotatable bonds is 17. The van der Waals surface area contributed by atoms with Crippen molar-refractivity contribution >= 4 is 39.6 Å². The molecular formula is C38H52BrN3O7. The Morgan fingerprint density at radius 2 is 1.88 bits per heavy atom. The highest BCUT2D eigenvalue weighted by Gasteiger charge is 2.77. The molecule has 1 aliphatic carbocycles. The number of nitrogens with one attached hydrogen (secondary N) is 1. The first kappa shape index (κ1) is 37.2.